The third kappa shape index (κ3) is 4.79. The van der Waals surface area contributed by atoms with Crippen LogP contribution in [0.15, 0.2) is 30.3 Å². The number of alkyl halides is 1. The maximum Gasteiger partial charge on any atom is 0.408 e. The Hall–Kier alpha value is -1.88. The van der Waals surface area contributed by atoms with Crippen LogP contribution in [0.3, 0.4) is 0 Å². The largest absolute Gasteiger partial charge is 0.444 e. The number of ether oxygens (including phenoxy) is 1. The molecule has 0 heterocycles. The lowest BCUT2D eigenvalue weighted by Gasteiger charge is -2.33. The summed E-state index contributed by atoms with van der Waals surface area (Å²) < 4.78 is 5.21. The highest BCUT2D eigenvalue weighted by molar-refractivity contribution is 6.47. The van der Waals surface area contributed by atoms with Crippen LogP contribution in [0.4, 0.5) is 4.79 Å². The van der Waals surface area contributed by atoms with E-state index in [1.165, 1.54) is 13.8 Å². The molecule has 6 heteroatoms. The molecule has 1 aromatic carbocycles. The van der Waals surface area contributed by atoms with Crippen LogP contribution >= 0.6 is 11.6 Å². The third-order valence-electron chi connectivity index (χ3n) is 3.22. The summed E-state index contributed by atoms with van der Waals surface area (Å²) in [5.74, 6) is -1.09. The lowest BCUT2D eigenvalue weighted by atomic mass is 9.86. The first-order chi connectivity index (χ1) is 10.5. The molecule has 1 atom stereocenters. The second kappa shape index (κ2) is 7.13. The minimum atomic E-state index is -1.89. The van der Waals surface area contributed by atoms with Gasteiger partial charge >= 0.3 is 6.09 Å². The van der Waals surface area contributed by atoms with Crippen molar-refractivity contribution in [3.63, 3.8) is 0 Å². The van der Waals surface area contributed by atoms with Crippen LogP contribution in [-0.2, 0) is 14.3 Å². The molecule has 1 rings (SSSR count). The fraction of sp³-hybridized carbons (Fsp3) is 0.471. The number of carbonyl (C=O) groups excluding carboxylic acids is 3. The summed E-state index contributed by atoms with van der Waals surface area (Å²) >= 11 is 6.36. The van der Waals surface area contributed by atoms with Gasteiger partial charge in [-0.15, -0.1) is 0 Å². The summed E-state index contributed by atoms with van der Waals surface area (Å²) in [7, 11) is 0. The molecule has 0 aliphatic heterocycles. The summed E-state index contributed by atoms with van der Waals surface area (Å²) in [6, 6.07) is 7.59. The van der Waals surface area contributed by atoms with Crippen LogP contribution in [0, 0.1) is 0 Å². The third-order valence-corrected chi connectivity index (χ3v) is 3.97. The van der Waals surface area contributed by atoms with E-state index in [1.807, 2.05) is 0 Å². The van der Waals surface area contributed by atoms with Crippen LogP contribution < -0.4 is 5.32 Å². The van der Waals surface area contributed by atoms with Crippen molar-refractivity contribution < 1.29 is 19.1 Å². The molecule has 0 saturated heterocycles. The monoisotopic (exact) mass is 339 g/mol. The summed E-state index contributed by atoms with van der Waals surface area (Å²) in [4.78, 5) is 34.3. The minimum absolute atomic E-state index is 0.541. The van der Waals surface area contributed by atoms with E-state index in [1.54, 1.807) is 51.1 Å². The number of amides is 1. The van der Waals surface area contributed by atoms with Crippen LogP contribution in [0.5, 0.6) is 0 Å². The number of Topliss-reactive ketones (excluding diaryl/α,β-unsaturated/α-hetero) is 2. The lowest BCUT2D eigenvalue weighted by Crippen LogP contribution is -2.52. The first kappa shape index (κ1) is 19.2. The number of hydrogen-bond donors (Lipinski definition) is 1. The Kier molecular flexibility index (Phi) is 5.94. The van der Waals surface area contributed by atoms with Gasteiger partial charge in [-0.05, 0) is 40.2 Å². The second-order valence-corrected chi connectivity index (χ2v) is 6.91. The van der Waals surface area contributed by atoms with Crippen LogP contribution in [0.2, 0.25) is 0 Å². The molecule has 1 amide bonds. The van der Waals surface area contributed by atoms with Gasteiger partial charge < -0.3 is 10.1 Å². The Morgan fingerprint density at radius 3 is 1.91 bits per heavy atom. The molecule has 23 heavy (non-hydrogen) atoms. The van der Waals surface area contributed by atoms with Gasteiger partial charge in [-0.3, -0.25) is 9.59 Å². The van der Waals surface area contributed by atoms with Crippen molar-refractivity contribution in [2.75, 3.05) is 0 Å². The van der Waals surface area contributed by atoms with E-state index in [2.05, 4.69) is 5.32 Å². The second-order valence-electron chi connectivity index (χ2n) is 6.31. The number of rotatable bonds is 5. The first-order valence-corrected chi connectivity index (χ1v) is 7.61. The number of halogens is 1. The predicted octanol–water partition coefficient (Wildman–Crippen LogP) is 3.41. The zero-order chi connectivity index (χ0) is 17.8. The van der Waals surface area contributed by atoms with Crippen molar-refractivity contribution in [3.05, 3.63) is 35.9 Å². The minimum Gasteiger partial charge on any atom is -0.444 e. The number of benzene rings is 1. The Morgan fingerprint density at radius 1 is 1.04 bits per heavy atom. The molecule has 0 aromatic heterocycles. The van der Waals surface area contributed by atoms with Gasteiger partial charge in [0.25, 0.3) is 0 Å². The summed E-state index contributed by atoms with van der Waals surface area (Å²) in [5, 5.41) is 2.56. The highest BCUT2D eigenvalue weighted by atomic mass is 35.5. The normalized spacial score (nSPS) is 13.1. The molecule has 0 radical (unpaired) electrons. The first-order valence-electron chi connectivity index (χ1n) is 7.24. The van der Waals surface area contributed by atoms with Gasteiger partial charge in [-0.25, -0.2) is 4.79 Å². The van der Waals surface area contributed by atoms with Gasteiger partial charge in [0.05, 0.1) is 6.04 Å². The average molecular weight is 340 g/mol. The van der Waals surface area contributed by atoms with Gasteiger partial charge in [0.2, 0.25) is 0 Å². The molecular formula is C17H22ClNO4. The molecule has 1 N–H and O–H groups in total. The van der Waals surface area contributed by atoms with Crippen molar-refractivity contribution in [2.24, 2.45) is 0 Å². The highest BCUT2D eigenvalue weighted by Gasteiger charge is 2.48. The van der Waals surface area contributed by atoms with Crippen molar-refractivity contribution in [2.45, 2.75) is 51.1 Å². The van der Waals surface area contributed by atoms with E-state index in [0.29, 0.717) is 5.56 Å². The maximum absolute atomic E-state index is 12.1. The van der Waals surface area contributed by atoms with Gasteiger partial charge in [0, 0.05) is 0 Å². The molecule has 0 aliphatic rings. The topological polar surface area (TPSA) is 72.5 Å². The van der Waals surface area contributed by atoms with Crippen molar-refractivity contribution in [1.82, 2.24) is 5.32 Å². The Morgan fingerprint density at radius 2 is 1.52 bits per heavy atom. The smallest absolute Gasteiger partial charge is 0.408 e. The molecule has 0 unspecified atom stereocenters. The quantitative estimate of drug-likeness (QED) is 0.659. The zero-order valence-electron chi connectivity index (χ0n) is 14.0. The van der Waals surface area contributed by atoms with Crippen LogP contribution in [-0.4, -0.2) is 28.1 Å². The number of alkyl carbamates (subject to hydrolysis) is 1. The number of ketones is 2. The summed E-state index contributed by atoms with van der Waals surface area (Å²) in [6.45, 7) is 7.60. The van der Waals surface area contributed by atoms with Gasteiger partial charge in [-0.1, -0.05) is 41.9 Å². The highest BCUT2D eigenvalue weighted by Crippen LogP contribution is 2.34. The van der Waals surface area contributed by atoms with Crippen molar-refractivity contribution in [1.29, 1.82) is 0 Å². The van der Waals surface area contributed by atoms with E-state index < -0.39 is 34.2 Å². The fourth-order valence-electron chi connectivity index (χ4n) is 2.14. The van der Waals surface area contributed by atoms with Gasteiger partial charge in [0.1, 0.15) is 5.60 Å². The molecule has 0 spiro atoms. The summed E-state index contributed by atoms with van der Waals surface area (Å²) in [6.07, 6.45) is -0.751. The van der Waals surface area contributed by atoms with Crippen LogP contribution in [0.25, 0.3) is 0 Å². The maximum atomic E-state index is 12.1. The molecular weight excluding hydrogens is 318 g/mol. The number of hydrogen-bond acceptors (Lipinski definition) is 4. The van der Waals surface area contributed by atoms with Gasteiger partial charge in [0.15, 0.2) is 16.4 Å². The van der Waals surface area contributed by atoms with E-state index in [4.69, 9.17) is 16.3 Å². The van der Waals surface area contributed by atoms with Crippen molar-refractivity contribution in [3.8, 4) is 0 Å². The van der Waals surface area contributed by atoms with E-state index in [-0.39, 0.29) is 0 Å². The molecule has 0 bridgehead atoms. The molecule has 0 fully saturated rings. The van der Waals surface area contributed by atoms with E-state index in [9.17, 15) is 14.4 Å². The average Bonchev–Trinajstić information content (AvgIpc) is 2.42. The SMILES string of the molecule is CC(=O)C(Cl)(C(C)=O)[C@H](NC(=O)OC(C)(C)C)c1ccccc1. The van der Waals surface area contributed by atoms with Crippen molar-refractivity contribution >= 4 is 29.3 Å². The Balaban J connectivity index is 3.26. The van der Waals surface area contributed by atoms with E-state index >= 15 is 0 Å². The molecule has 126 valence electrons. The predicted molar refractivity (Wildman–Crippen MR) is 88.5 cm³/mol. The molecule has 1 aromatic rings. The molecule has 0 aliphatic carbocycles. The number of carbonyl (C=O) groups is 3. The molecule has 5 nitrogen and oxygen atoms in total. The summed E-state index contributed by atoms with van der Waals surface area (Å²) in [5.41, 5.74) is -0.175. The Labute approximate surface area is 141 Å². The van der Waals surface area contributed by atoms with Gasteiger partial charge in [-0.2, -0.15) is 0 Å². The van der Waals surface area contributed by atoms with Crippen LogP contribution in [0.1, 0.15) is 46.2 Å². The zero-order valence-corrected chi connectivity index (χ0v) is 14.7. The fourth-order valence-corrected chi connectivity index (χ4v) is 2.32. The standard InChI is InChI=1S/C17H22ClNO4/c1-11(20)17(18,12(2)21)14(13-9-7-6-8-10-13)19-15(22)23-16(3,4)5/h6-10,14H,1-5H3,(H,19,22)/t14-/m1/s1. The number of nitrogens with one attached hydrogen (secondary N) is 1. The Bertz CT molecular complexity index is 578. The lowest BCUT2D eigenvalue weighted by molar-refractivity contribution is -0.129. The molecule has 0 saturated carbocycles. The van der Waals surface area contributed by atoms with E-state index in [0.717, 1.165) is 0 Å².